The van der Waals surface area contributed by atoms with Gasteiger partial charge in [-0.1, -0.05) is 6.07 Å². The molecule has 6 nitrogen and oxygen atoms in total. The zero-order chi connectivity index (χ0) is 15.4. The fourth-order valence-electron chi connectivity index (χ4n) is 1.96. The Balaban J connectivity index is 2.70. The van der Waals surface area contributed by atoms with Crippen LogP contribution < -0.4 is 5.73 Å². The third-order valence-corrected chi connectivity index (χ3v) is 2.99. The Morgan fingerprint density at radius 3 is 2.57 bits per heavy atom. The molecule has 0 aliphatic carbocycles. The number of hydrogen-bond acceptors (Lipinski definition) is 5. The minimum atomic E-state index is -0.511. The topological polar surface area (TPSA) is 106 Å². The van der Waals surface area contributed by atoms with Crippen LogP contribution in [0.5, 0.6) is 0 Å². The molecule has 0 unspecified atom stereocenters. The van der Waals surface area contributed by atoms with Gasteiger partial charge in [-0.25, -0.2) is 0 Å². The Morgan fingerprint density at radius 2 is 2.00 bits per heavy atom. The highest BCUT2D eigenvalue weighted by atomic mass is 16.6. The van der Waals surface area contributed by atoms with Gasteiger partial charge in [-0.05, 0) is 36.2 Å². The van der Waals surface area contributed by atoms with Crippen LogP contribution in [0.25, 0.3) is 11.3 Å². The lowest BCUT2D eigenvalue weighted by atomic mass is 9.99. The molecule has 21 heavy (non-hydrogen) atoms. The van der Waals surface area contributed by atoms with Crippen LogP contribution in [0, 0.1) is 28.4 Å². The highest BCUT2D eigenvalue weighted by molar-refractivity contribution is 5.97. The summed E-state index contributed by atoms with van der Waals surface area (Å²) in [6.07, 6.45) is 3.06. The van der Waals surface area contributed by atoms with Gasteiger partial charge in [0.2, 0.25) is 0 Å². The summed E-state index contributed by atoms with van der Waals surface area (Å²) in [6, 6.07) is 9.89. The maximum absolute atomic E-state index is 11.1. The van der Waals surface area contributed by atoms with Crippen LogP contribution in [0.1, 0.15) is 16.7 Å². The van der Waals surface area contributed by atoms with E-state index in [-0.39, 0.29) is 22.5 Å². The van der Waals surface area contributed by atoms with Crippen LogP contribution in [0.3, 0.4) is 0 Å². The van der Waals surface area contributed by atoms with Gasteiger partial charge in [0.25, 0.3) is 5.69 Å². The van der Waals surface area contributed by atoms with E-state index in [0.717, 1.165) is 5.56 Å². The first-order valence-corrected chi connectivity index (χ1v) is 6.10. The van der Waals surface area contributed by atoms with Crippen molar-refractivity contribution in [1.29, 1.82) is 5.26 Å². The van der Waals surface area contributed by atoms with E-state index in [4.69, 9.17) is 5.73 Å². The van der Waals surface area contributed by atoms with Crippen molar-refractivity contribution in [3.8, 4) is 6.07 Å². The number of nitrogens with zero attached hydrogens (tertiary/aromatic N) is 3. The lowest BCUT2D eigenvalue weighted by Gasteiger charge is -2.08. The molecule has 104 valence electrons. The first kappa shape index (κ1) is 14.2. The molecule has 1 aromatic heterocycles. The van der Waals surface area contributed by atoms with E-state index >= 15 is 0 Å². The molecule has 6 heteroatoms. The Kier molecular flexibility index (Phi) is 3.95. The van der Waals surface area contributed by atoms with Gasteiger partial charge >= 0.3 is 0 Å². The van der Waals surface area contributed by atoms with Gasteiger partial charge in [-0.2, -0.15) is 5.26 Å². The zero-order valence-electron chi connectivity index (χ0n) is 11.3. The normalized spacial score (nSPS) is 11.4. The number of aryl methyl sites for hydroxylation is 1. The van der Waals surface area contributed by atoms with E-state index in [2.05, 4.69) is 4.98 Å². The summed E-state index contributed by atoms with van der Waals surface area (Å²) < 4.78 is 0. The van der Waals surface area contributed by atoms with Crippen molar-refractivity contribution >= 4 is 17.0 Å². The molecule has 0 aliphatic heterocycles. The van der Waals surface area contributed by atoms with Crippen molar-refractivity contribution in [1.82, 2.24) is 4.98 Å². The fourth-order valence-corrected chi connectivity index (χ4v) is 1.96. The van der Waals surface area contributed by atoms with E-state index in [9.17, 15) is 15.4 Å². The van der Waals surface area contributed by atoms with Gasteiger partial charge in [0, 0.05) is 18.5 Å². The lowest BCUT2D eigenvalue weighted by Crippen LogP contribution is -2.05. The van der Waals surface area contributed by atoms with Crippen LogP contribution in [0.15, 0.2) is 42.7 Å². The average Bonchev–Trinajstić information content (AvgIpc) is 2.48. The number of hydrogen-bond donors (Lipinski definition) is 1. The highest BCUT2D eigenvalue weighted by Crippen LogP contribution is 2.29. The maximum Gasteiger partial charge on any atom is 0.278 e. The van der Waals surface area contributed by atoms with Crippen LogP contribution >= 0.6 is 0 Å². The predicted octanol–water partition coefficient (Wildman–Crippen LogP) is 2.65. The van der Waals surface area contributed by atoms with Crippen LogP contribution in [0.4, 0.5) is 5.69 Å². The van der Waals surface area contributed by atoms with E-state index in [1.807, 2.05) is 6.07 Å². The molecule has 0 atom stereocenters. The molecule has 0 saturated heterocycles. The molecule has 2 N–H and O–H groups in total. The molecule has 0 aliphatic rings. The number of nitro benzene ring substituents is 1. The first-order valence-electron chi connectivity index (χ1n) is 6.10. The second kappa shape index (κ2) is 5.84. The van der Waals surface area contributed by atoms with E-state index in [1.165, 1.54) is 18.5 Å². The number of nitriles is 1. The van der Waals surface area contributed by atoms with Crippen molar-refractivity contribution < 1.29 is 4.92 Å². The number of rotatable bonds is 3. The molecule has 1 heterocycles. The quantitative estimate of drug-likeness (QED) is 0.528. The van der Waals surface area contributed by atoms with Gasteiger partial charge in [0.15, 0.2) is 0 Å². The monoisotopic (exact) mass is 280 g/mol. The highest BCUT2D eigenvalue weighted by Gasteiger charge is 2.19. The molecule has 2 rings (SSSR count). The van der Waals surface area contributed by atoms with Crippen molar-refractivity contribution in [2.75, 3.05) is 0 Å². The summed E-state index contributed by atoms with van der Waals surface area (Å²) in [6.45, 7) is 1.80. The van der Waals surface area contributed by atoms with Crippen LogP contribution in [-0.2, 0) is 0 Å². The average molecular weight is 280 g/mol. The minimum absolute atomic E-state index is 0.0825. The van der Waals surface area contributed by atoms with Gasteiger partial charge in [-0.3, -0.25) is 15.1 Å². The third-order valence-electron chi connectivity index (χ3n) is 2.99. The number of nitrogens with two attached hydrogens (primary N) is 1. The molecular formula is C15H12N4O2. The molecule has 0 radical (unpaired) electrons. The summed E-state index contributed by atoms with van der Waals surface area (Å²) in [5, 5.41) is 20.5. The smallest absolute Gasteiger partial charge is 0.278 e. The second-order valence-electron chi connectivity index (χ2n) is 4.41. The Morgan fingerprint density at radius 1 is 1.33 bits per heavy atom. The summed E-state index contributed by atoms with van der Waals surface area (Å²) >= 11 is 0. The maximum atomic E-state index is 11.1. The van der Waals surface area contributed by atoms with Crippen molar-refractivity contribution in [3.63, 3.8) is 0 Å². The number of allylic oxidation sites excluding steroid dienone is 1. The minimum Gasteiger partial charge on any atom is -0.397 e. The van der Waals surface area contributed by atoms with Gasteiger partial charge in [0.05, 0.1) is 21.8 Å². The molecule has 0 bridgehead atoms. The van der Waals surface area contributed by atoms with E-state index in [0.29, 0.717) is 5.56 Å². The molecular weight excluding hydrogens is 268 g/mol. The predicted molar refractivity (Wildman–Crippen MR) is 78.7 cm³/mol. The molecule has 0 spiro atoms. The van der Waals surface area contributed by atoms with E-state index < -0.39 is 4.92 Å². The Hall–Kier alpha value is -3.20. The number of nitro groups is 1. The summed E-state index contributed by atoms with van der Waals surface area (Å²) in [4.78, 5) is 14.5. The fraction of sp³-hybridized carbons (Fsp3) is 0.0667. The molecule has 0 saturated carbocycles. The number of aromatic nitrogens is 1. The summed E-state index contributed by atoms with van der Waals surface area (Å²) in [5.74, 6) is 0. The van der Waals surface area contributed by atoms with Crippen molar-refractivity contribution in [2.24, 2.45) is 5.73 Å². The van der Waals surface area contributed by atoms with Crippen LogP contribution in [-0.4, -0.2) is 9.91 Å². The zero-order valence-corrected chi connectivity index (χ0v) is 11.3. The SMILES string of the molecule is Cc1ccc([N+](=O)[O-])c(/C(N)=C(/C#N)c2ccncc2)c1. The Labute approximate surface area is 121 Å². The standard InChI is InChI=1S/C15H12N4O2/c1-10-2-3-14(19(20)21)12(8-10)15(17)13(9-16)11-4-6-18-7-5-11/h2-8H,17H2,1H3/b15-13+. The molecule has 1 aromatic carbocycles. The van der Waals surface area contributed by atoms with E-state index in [1.54, 1.807) is 31.2 Å². The molecule has 0 fully saturated rings. The second-order valence-corrected chi connectivity index (χ2v) is 4.41. The largest absolute Gasteiger partial charge is 0.397 e. The lowest BCUT2D eigenvalue weighted by molar-refractivity contribution is -0.385. The summed E-state index contributed by atoms with van der Waals surface area (Å²) in [7, 11) is 0. The number of pyridine rings is 1. The molecule has 2 aromatic rings. The Bertz CT molecular complexity index is 761. The number of benzene rings is 1. The van der Waals surface area contributed by atoms with Crippen molar-refractivity contribution in [3.05, 3.63) is 69.5 Å². The van der Waals surface area contributed by atoms with Gasteiger partial charge < -0.3 is 5.73 Å². The van der Waals surface area contributed by atoms with Crippen molar-refractivity contribution in [2.45, 2.75) is 6.92 Å². The van der Waals surface area contributed by atoms with Gasteiger partial charge in [0.1, 0.15) is 6.07 Å². The van der Waals surface area contributed by atoms with Crippen LogP contribution in [0.2, 0.25) is 0 Å². The first-order chi connectivity index (χ1) is 10.0. The third kappa shape index (κ3) is 2.87. The van der Waals surface area contributed by atoms with Gasteiger partial charge in [-0.15, -0.1) is 0 Å². The molecule has 0 amide bonds. The summed E-state index contributed by atoms with van der Waals surface area (Å²) in [5.41, 5.74) is 7.80.